The minimum Gasteiger partial charge on any atom is -0.385 e. The summed E-state index contributed by atoms with van der Waals surface area (Å²) in [4.78, 5) is 29.7. The SMILES string of the molecule is COCCCN1CC(C(=O)NCc2cccs2)C2NN(c3ccccc3)C(=O)C2C1. The largest absolute Gasteiger partial charge is 0.385 e. The second-order valence-corrected chi connectivity index (χ2v) is 8.81. The van der Waals surface area contributed by atoms with Gasteiger partial charge in [-0.1, -0.05) is 24.3 Å². The molecule has 3 heterocycles. The molecule has 2 N–H and O–H groups in total. The van der Waals surface area contributed by atoms with Crippen LogP contribution in [0.2, 0.25) is 0 Å². The normalized spacial score (nSPS) is 24.1. The molecule has 2 aliphatic rings. The number of fused-ring (bicyclic) bond motifs is 1. The summed E-state index contributed by atoms with van der Waals surface area (Å²) in [5.41, 5.74) is 4.15. The molecule has 3 atom stereocenters. The molecule has 1 aromatic heterocycles. The maximum absolute atomic E-state index is 13.2. The Morgan fingerprint density at radius 2 is 2.07 bits per heavy atom. The Bertz CT molecular complexity index is 845. The Hall–Kier alpha value is -2.26. The quantitative estimate of drug-likeness (QED) is 0.628. The number of hydrazine groups is 1. The van der Waals surface area contributed by atoms with Gasteiger partial charge in [-0.05, 0) is 30.0 Å². The first-order chi connectivity index (χ1) is 14.7. The Kier molecular flexibility index (Phi) is 6.79. The van der Waals surface area contributed by atoms with E-state index in [1.165, 1.54) is 0 Å². The summed E-state index contributed by atoms with van der Waals surface area (Å²) in [6.07, 6.45) is 0.876. The van der Waals surface area contributed by atoms with Gasteiger partial charge in [0.2, 0.25) is 11.8 Å². The number of rotatable bonds is 8. The molecule has 3 unspecified atom stereocenters. The molecule has 2 saturated heterocycles. The van der Waals surface area contributed by atoms with Crippen molar-refractivity contribution in [2.75, 3.05) is 38.4 Å². The topological polar surface area (TPSA) is 73.9 Å². The Labute approximate surface area is 181 Å². The molecule has 0 aliphatic carbocycles. The molecule has 2 aromatic rings. The van der Waals surface area contributed by atoms with Crippen LogP contribution in [0.4, 0.5) is 5.69 Å². The second-order valence-electron chi connectivity index (χ2n) is 7.78. The lowest BCUT2D eigenvalue weighted by atomic mass is 9.84. The van der Waals surface area contributed by atoms with E-state index in [0.29, 0.717) is 26.2 Å². The smallest absolute Gasteiger partial charge is 0.247 e. The van der Waals surface area contributed by atoms with Crippen LogP contribution in [-0.4, -0.2) is 56.1 Å². The minimum atomic E-state index is -0.302. The van der Waals surface area contributed by atoms with Crippen LogP contribution in [0.5, 0.6) is 0 Å². The lowest BCUT2D eigenvalue weighted by Crippen LogP contribution is -2.57. The average Bonchev–Trinajstić information content (AvgIpc) is 3.41. The van der Waals surface area contributed by atoms with Crippen molar-refractivity contribution in [1.29, 1.82) is 0 Å². The molecule has 0 bridgehead atoms. The first kappa shape index (κ1) is 21.0. The van der Waals surface area contributed by atoms with E-state index in [-0.39, 0.29) is 29.7 Å². The van der Waals surface area contributed by atoms with Crippen molar-refractivity contribution in [1.82, 2.24) is 15.6 Å². The molecule has 2 aliphatic heterocycles. The van der Waals surface area contributed by atoms with Gasteiger partial charge in [0.25, 0.3) is 0 Å². The number of methoxy groups -OCH3 is 1. The van der Waals surface area contributed by atoms with Gasteiger partial charge in [0.1, 0.15) is 0 Å². The van der Waals surface area contributed by atoms with Crippen LogP contribution in [0, 0.1) is 11.8 Å². The summed E-state index contributed by atoms with van der Waals surface area (Å²) in [5, 5.41) is 6.70. The second kappa shape index (κ2) is 9.70. The fraction of sp³-hybridized carbons (Fsp3) is 0.455. The van der Waals surface area contributed by atoms with Crippen LogP contribution in [0.15, 0.2) is 47.8 Å². The number of anilines is 1. The van der Waals surface area contributed by atoms with Crippen LogP contribution in [0.1, 0.15) is 11.3 Å². The molecule has 7 nitrogen and oxygen atoms in total. The van der Waals surface area contributed by atoms with Crippen LogP contribution in [0.25, 0.3) is 0 Å². The number of nitrogens with zero attached hydrogens (tertiary/aromatic N) is 2. The number of nitrogens with one attached hydrogen (secondary N) is 2. The zero-order valence-corrected chi connectivity index (χ0v) is 17.9. The van der Waals surface area contributed by atoms with Gasteiger partial charge in [-0.2, -0.15) is 0 Å². The Morgan fingerprint density at radius 3 is 2.80 bits per heavy atom. The van der Waals surface area contributed by atoms with Crippen molar-refractivity contribution in [3.63, 3.8) is 0 Å². The predicted molar refractivity (Wildman–Crippen MR) is 117 cm³/mol. The third kappa shape index (κ3) is 4.57. The molecule has 30 heavy (non-hydrogen) atoms. The molecular weight excluding hydrogens is 400 g/mol. The summed E-state index contributed by atoms with van der Waals surface area (Å²) in [7, 11) is 1.69. The van der Waals surface area contributed by atoms with E-state index in [2.05, 4.69) is 15.6 Å². The monoisotopic (exact) mass is 428 g/mol. The van der Waals surface area contributed by atoms with Gasteiger partial charge in [0, 0.05) is 38.2 Å². The summed E-state index contributed by atoms with van der Waals surface area (Å²) in [5.74, 6) is -0.536. The zero-order valence-electron chi connectivity index (χ0n) is 17.1. The van der Waals surface area contributed by atoms with E-state index in [9.17, 15) is 9.59 Å². The Balaban J connectivity index is 1.50. The number of carbonyl (C=O) groups is 2. The molecule has 2 fully saturated rings. The number of para-hydroxylation sites is 1. The van der Waals surface area contributed by atoms with E-state index in [0.717, 1.165) is 23.5 Å². The van der Waals surface area contributed by atoms with Crippen molar-refractivity contribution in [3.8, 4) is 0 Å². The highest BCUT2D eigenvalue weighted by Crippen LogP contribution is 2.32. The van der Waals surface area contributed by atoms with Crippen LogP contribution < -0.4 is 15.8 Å². The molecule has 160 valence electrons. The number of thiophene rings is 1. The van der Waals surface area contributed by atoms with Gasteiger partial charge in [-0.3, -0.25) is 9.59 Å². The number of benzene rings is 1. The van der Waals surface area contributed by atoms with E-state index < -0.39 is 0 Å². The molecule has 4 rings (SSSR count). The van der Waals surface area contributed by atoms with Gasteiger partial charge in [-0.15, -0.1) is 11.3 Å². The highest BCUT2D eigenvalue weighted by molar-refractivity contribution is 7.09. The highest BCUT2D eigenvalue weighted by Gasteiger charge is 2.50. The van der Waals surface area contributed by atoms with Gasteiger partial charge < -0.3 is 15.0 Å². The average molecular weight is 429 g/mol. The van der Waals surface area contributed by atoms with Crippen LogP contribution >= 0.6 is 11.3 Å². The van der Waals surface area contributed by atoms with Gasteiger partial charge >= 0.3 is 0 Å². The number of amides is 2. The van der Waals surface area contributed by atoms with E-state index >= 15 is 0 Å². The number of carbonyl (C=O) groups excluding carboxylic acids is 2. The zero-order chi connectivity index (χ0) is 20.9. The summed E-state index contributed by atoms with van der Waals surface area (Å²) < 4.78 is 5.18. The third-order valence-corrected chi connectivity index (χ3v) is 6.66. The van der Waals surface area contributed by atoms with Crippen LogP contribution in [0.3, 0.4) is 0 Å². The lowest BCUT2D eigenvalue weighted by molar-refractivity contribution is -0.130. The van der Waals surface area contributed by atoms with E-state index in [1.807, 2.05) is 47.8 Å². The standard InChI is InChI=1S/C22H28N4O3S/c1-29-11-6-10-25-14-18(21(27)23-13-17-9-5-12-30-17)20-19(15-25)22(28)26(24-20)16-7-3-2-4-8-16/h2-5,7-9,12,18-20,24H,6,10-11,13-15H2,1H3,(H,23,27). The van der Waals surface area contributed by atoms with Crippen molar-refractivity contribution in [3.05, 3.63) is 52.7 Å². The van der Waals surface area contributed by atoms with Crippen molar-refractivity contribution in [2.45, 2.75) is 19.0 Å². The van der Waals surface area contributed by atoms with Crippen molar-refractivity contribution >= 4 is 28.8 Å². The predicted octanol–water partition coefficient (Wildman–Crippen LogP) is 1.87. The molecule has 8 heteroatoms. The number of ether oxygens (including phenoxy) is 1. The molecule has 2 amide bonds. The maximum Gasteiger partial charge on any atom is 0.247 e. The lowest BCUT2D eigenvalue weighted by Gasteiger charge is -2.38. The fourth-order valence-corrected chi connectivity index (χ4v) is 4.93. The molecule has 0 radical (unpaired) electrons. The molecule has 1 aromatic carbocycles. The van der Waals surface area contributed by atoms with Gasteiger partial charge in [0.15, 0.2) is 0 Å². The van der Waals surface area contributed by atoms with E-state index in [4.69, 9.17) is 4.74 Å². The van der Waals surface area contributed by atoms with Crippen LogP contribution in [-0.2, 0) is 20.9 Å². The number of likely N-dealkylation sites (tertiary alicyclic amines) is 1. The van der Waals surface area contributed by atoms with Gasteiger partial charge in [0.05, 0.1) is 30.1 Å². The Morgan fingerprint density at radius 1 is 1.23 bits per heavy atom. The minimum absolute atomic E-state index is 0.00921. The van der Waals surface area contributed by atoms with Crippen molar-refractivity contribution in [2.24, 2.45) is 11.8 Å². The molecule has 0 spiro atoms. The first-order valence-corrected chi connectivity index (χ1v) is 11.2. The number of piperidine rings is 1. The maximum atomic E-state index is 13.2. The third-order valence-electron chi connectivity index (χ3n) is 5.78. The molecule has 0 saturated carbocycles. The first-order valence-electron chi connectivity index (χ1n) is 10.3. The van der Waals surface area contributed by atoms with Crippen molar-refractivity contribution < 1.29 is 14.3 Å². The van der Waals surface area contributed by atoms with Gasteiger partial charge in [-0.25, -0.2) is 10.4 Å². The molecular formula is C22H28N4O3S. The number of hydrogen-bond donors (Lipinski definition) is 2. The fourth-order valence-electron chi connectivity index (χ4n) is 4.29. The summed E-state index contributed by atoms with van der Waals surface area (Å²) in [6, 6.07) is 13.3. The number of hydrogen-bond acceptors (Lipinski definition) is 6. The summed E-state index contributed by atoms with van der Waals surface area (Å²) >= 11 is 1.63. The summed E-state index contributed by atoms with van der Waals surface area (Å²) in [6.45, 7) is 3.28. The highest BCUT2D eigenvalue weighted by atomic mass is 32.1. The van der Waals surface area contributed by atoms with E-state index in [1.54, 1.807) is 23.5 Å².